The minimum absolute atomic E-state index is 0.0228. The summed E-state index contributed by atoms with van der Waals surface area (Å²) >= 11 is 0. The molecule has 5 nitrogen and oxygen atoms in total. The molecule has 0 aliphatic carbocycles. The lowest BCUT2D eigenvalue weighted by Gasteiger charge is -2.60. The molecule has 2 aromatic rings. The zero-order chi connectivity index (χ0) is 19.8. The van der Waals surface area contributed by atoms with Crippen LogP contribution in [0, 0.1) is 5.41 Å². The molecule has 4 heterocycles. The van der Waals surface area contributed by atoms with Gasteiger partial charge in [-0.1, -0.05) is 68.4 Å². The lowest BCUT2D eigenvalue weighted by Crippen LogP contribution is -2.74. The Morgan fingerprint density at radius 1 is 0.862 bits per heavy atom. The summed E-state index contributed by atoms with van der Waals surface area (Å²) in [6.45, 7) is 10.8. The fourth-order valence-corrected chi connectivity index (χ4v) is 5.13. The Bertz CT molecular complexity index is 879. The maximum Gasteiger partial charge on any atom is 0.0802 e. The van der Waals surface area contributed by atoms with Crippen LogP contribution in [-0.2, 0) is 0 Å². The van der Waals surface area contributed by atoms with Crippen LogP contribution in [0.5, 0.6) is 0 Å². The highest BCUT2D eigenvalue weighted by molar-refractivity contribution is 6.05. The maximum absolute atomic E-state index is 4.84. The van der Waals surface area contributed by atoms with Crippen LogP contribution in [0.3, 0.4) is 0 Å². The van der Waals surface area contributed by atoms with Gasteiger partial charge in [-0.25, -0.2) is 0 Å². The van der Waals surface area contributed by atoms with Crippen LogP contribution in [0.2, 0.25) is 0 Å². The van der Waals surface area contributed by atoms with Crippen LogP contribution >= 0.6 is 0 Å². The summed E-state index contributed by atoms with van der Waals surface area (Å²) in [5.41, 5.74) is 4.76. The Morgan fingerprint density at radius 2 is 1.45 bits per heavy atom. The minimum Gasteiger partial charge on any atom is -0.276 e. The third-order valence-electron chi connectivity index (χ3n) is 6.30. The van der Waals surface area contributed by atoms with Gasteiger partial charge >= 0.3 is 0 Å². The summed E-state index contributed by atoms with van der Waals surface area (Å²) < 4.78 is 0. The molecule has 4 saturated heterocycles. The van der Waals surface area contributed by atoms with Gasteiger partial charge in [0.2, 0.25) is 0 Å². The van der Waals surface area contributed by atoms with Crippen molar-refractivity contribution in [1.82, 2.24) is 14.7 Å². The van der Waals surface area contributed by atoms with Crippen molar-refractivity contribution in [3.05, 3.63) is 71.3 Å². The molecule has 4 bridgehead atoms. The Morgan fingerprint density at radius 3 is 2.00 bits per heavy atom. The lowest BCUT2D eigenvalue weighted by molar-refractivity contribution is -0.149. The van der Waals surface area contributed by atoms with E-state index in [-0.39, 0.29) is 5.41 Å². The highest BCUT2D eigenvalue weighted by Gasteiger charge is 2.51. The maximum atomic E-state index is 4.84. The average Bonchev–Trinajstić information content (AvgIpc) is 2.71. The Kier molecular flexibility index (Phi) is 4.82. The first-order valence-electron chi connectivity index (χ1n) is 10.6. The highest BCUT2D eigenvalue weighted by Crippen LogP contribution is 2.38. The van der Waals surface area contributed by atoms with Crippen molar-refractivity contribution in [3.63, 3.8) is 0 Å². The molecular formula is C24H29N5. The average molecular weight is 388 g/mol. The van der Waals surface area contributed by atoms with Crippen molar-refractivity contribution < 1.29 is 0 Å². The van der Waals surface area contributed by atoms with E-state index < -0.39 is 0 Å². The molecule has 4 fully saturated rings. The fourth-order valence-electron chi connectivity index (χ4n) is 5.13. The topological polar surface area (TPSA) is 34.4 Å². The molecule has 5 heteroatoms. The lowest BCUT2D eigenvalue weighted by atomic mass is 9.74. The zero-order valence-electron chi connectivity index (χ0n) is 17.3. The van der Waals surface area contributed by atoms with E-state index in [0.717, 1.165) is 50.9 Å². The van der Waals surface area contributed by atoms with Crippen LogP contribution < -0.4 is 0 Å². The van der Waals surface area contributed by atoms with Crippen molar-refractivity contribution in [2.75, 3.05) is 39.6 Å². The molecule has 6 rings (SSSR count). The number of benzene rings is 2. The molecule has 4 aliphatic heterocycles. The van der Waals surface area contributed by atoms with E-state index in [2.05, 4.69) is 88.2 Å². The molecule has 2 aromatic carbocycles. The van der Waals surface area contributed by atoms with Gasteiger partial charge in [-0.15, -0.1) is 0 Å². The second-order valence-electron chi connectivity index (χ2n) is 9.07. The SMILES string of the molecule is CC(C)c1ccc(/C=N\N=C(/c2ccccc2)C23CN4CN(CN(C4)C2)C3)cc1. The van der Waals surface area contributed by atoms with E-state index in [1.807, 2.05) is 6.21 Å². The van der Waals surface area contributed by atoms with Gasteiger partial charge in [0.1, 0.15) is 0 Å². The minimum atomic E-state index is 0.0228. The Hall–Kier alpha value is -2.34. The van der Waals surface area contributed by atoms with Crippen LogP contribution in [0.25, 0.3) is 0 Å². The van der Waals surface area contributed by atoms with Crippen molar-refractivity contribution in [3.8, 4) is 0 Å². The quantitative estimate of drug-likeness (QED) is 0.582. The van der Waals surface area contributed by atoms with Crippen molar-refractivity contribution in [2.24, 2.45) is 15.6 Å². The second-order valence-corrected chi connectivity index (χ2v) is 9.07. The number of nitrogens with zero attached hydrogens (tertiary/aromatic N) is 5. The van der Waals surface area contributed by atoms with Crippen LogP contribution in [-0.4, -0.2) is 66.3 Å². The van der Waals surface area contributed by atoms with Gasteiger partial charge in [-0.2, -0.15) is 10.2 Å². The third-order valence-corrected chi connectivity index (χ3v) is 6.30. The predicted molar refractivity (Wildman–Crippen MR) is 118 cm³/mol. The summed E-state index contributed by atoms with van der Waals surface area (Å²) in [6, 6.07) is 19.2. The molecule has 4 aliphatic rings. The van der Waals surface area contributed by atoms with E-state index in [1.165, 1.54) is 11.1 Å². The summed E-state index contributed by atoms with van der Waals surface area (Å²) in [7, 11) is 0. The molecule has 0 aromatic heterocycles. The Labute approximate surface area is 173 Å². The molecule has 0 spiro atoms. The first-order chi connectivity index (χ1) is 14.1. The zero-order valence-corrected chi connectivity index (χ0v) is 17.3. The van der Waals surface area contributed by atoms with E-state index in [4.69, 9.17) is 5.10 Å². The molecule has 0 saturated carbocycles. The van der Waals surface area contributed by atoms with Gasteiger partial charge in [0.25, 0.3) is 0 Å². The van der Waals surface area contributed by atoms with Crippen molar-refractivity contribution >= 4 is 11.9 Å². The predicted octanol–water partition coefficient (Wildman–Crippen LogP) is 3.44. The number of rotatable bonds is 5. The Balaban J connectivity index is 1.47. The summed E-state index contributed by atoms with van der Waals surface area (Å²) in [4.78, 5) is 7.59. The molecule has 0 unspecified atom stereocenters. The smallest absolute Gasteiger partial charge is 0.0802 e. The second kappa shape index (κ2) is 7.48. The van der Waals surface area contributed by atoms with E-state index >= 15 is 0 Å². The van der Waals surface area contributed by atoms with Gasteiger partial charge in [0.15, 0.2) is 0 Å². The summed E-state index contributed by atoms with van der Waals surface area (Å²) in [5, 5.41) is 9.40. The molecule has 0 N–H and O–H groups in total. The largest absolute Gasteiger partial charge is 0.276 e. The summed E-state index contributed by atoms with van der Waals surface area (Å²) in [5.74, 6) is 0.541. The van der Waals surface area contributed by atoms with Crippen molar-refractivity contribution in [1.29, 1.82) is 0 Å². The highest BCUT2D eigenvalue weighted by atomic mass is 15.5. The van der Waals surface area contributed by atoms with Gasteiger partial charge in [0, 0.05) is 19.6 Å². The van der Waals surface area contributed by atoms with E-state index in [9.17, 15) is 0 Å². The molecule has 150 valence electrons. The molecular weight excluding hydrogens is 358 g/mol. The van der Waals surface area contributed by atoms with Crippen LogP contribution in [0.15, 0.2) is 64.8 Å². The fraction of sp³-hybridized carbons (Fsp3) is 0.417. The number of hydrogen-bond acceptors (Lipinski definition) is 5. The van der Waals surface area contributed by atoms with Gasteiger partial charge in [-0.3, -0.25) is 14.7 Å². The van der Waals surface area contributed by atoms with Gasteiger partial charge in [0.05, 0.1) is 37.3 Å². The normalized spacial score (nSPS) is 31.1. The third kappa shape index (κ3) is 3.66. The monoisotopic (exact) mass is 387 g/mol. The van der Waals surface area contributed by atoms with Crippen LogP contribution in [0.4, 0.5) is 0 Å². The first-order valence-corrected chi connectivity index (χ1v) is 10.6. The number of hydrogen-bond donors (Lipinski definition) is 0. The standard InChI is InChI=1S/C24H29N5/c1-19(2)21-10-8-20(9-11-21)12-25-26-23(22-6-4-3-5-7-22)24-13-27-16-28(14-24)18-29(15-24)17-27/h3-12,19H,13-18H2,1-2H3/b25-12-,26-23+. The first kappa shape index (κ1) is 18.7. The van der Waals surface area contributed by atoms with Gasteiger partial charge in [-0.05, 0) is 22.6 Å². The van der Waals surface area contributed by atoms with Crippen LogP contribution in [0.1, 0.15) is 36.5 Å². The van der Waals surface area contributed by atoms with Gasteiger partial charge < -0.3 is 0 Å². The summed E-state index contributed by atoms with van der Waals surface area (Å²) in [6.07, 6.45) is 1.88. The molecule has 0 radical (unpaired) electrons. The molecule has 0 atom stereocenters. The van der Waals surface area contributed by atoms with Crippen molar-refractivity contribution in [2.45, 2.75) is 19.8 Å². The van der Waals surface area contributed by atoms with E-state index in [0.29, 0.717) is 5.92 Å². The molecule has 0 amide bonds. The molecule has 29 heavy (non-hydrogen) atoms. The van der Waals surface area contributed by atoms with E-state index in [1.54, 1.807) is 0 Å².